The van der Waals surface area contributed by atoms with Crippen molar-refractivity contribution in [2.24, 2.45) is 5.92 Å². The molecule has 1 aromatic carbocycles. The molecule has 1 aliphatic rings. The monoisotopic (exact) mass is 310 g/mol. The average Bonchev–Trinajstić information content (AvgIpc) is 2.94. The molecule has 0 spiro atoms. The molecule has 90 valence electrons. The second kappa shape index (κ2) is 4.94. The van der Waals surface area contributed by atoms with Gasteiger partial charge in [0.05, 0.1) is 10.2 Å². The van der Waals surface area contributed by atoms with Gasteiger partial charge in [0.15, 0.2) is 5.13 Å². The van der Waals surface area contributed by atoms with Crippen LogP contribution in [0.5, 0.6) is 0 Å². The lowest BCUT2D eigenvalue weighted by Gasteiger charge is -2.14. The number of benzene rings is 1. The summed E-state index contributed by atoms with van der Waals surface area (Å²) in [5, 5.41) is 2.31. The summed E-state index contributed by atoms with van der Waals surface area (Å²) in [6.45, 7) is 2.34. The molecule has 0 saturated carbocycles. The fourth-order valence-corrected chi connectivity index (χ4v) is 4.04. The van der Waals surface area contributed by atoms with Gasteiger partial charge in [-0.05, 0) is 30.9 Å². The molecule has 2 aromatic rings. The summed E-state index contributed by atoms with van der Waals surface area (Å²) in [6, 6.07) is 8.40. The zero-order valence-corrected chi connectivity index (χ0v) is 12.0. The molecule has 1 atom stereocenters. The molecule has 1 unspecified atom stereocenters. The highest BCUT2D eigenvalue weighted by Crippen LogP contribution is 2.32. The number of halogens is 1. The zero-order chi connectivity index (χ0) is 11.7. The van der Waals surface area contributed by atoms with Crippen LogP contribution in [0.2, 0.25) is 0 Å². The Hall–Kier alpha value is -0.610. The molecule has 1 fully saturated rings. The van der Waals surface area contributed by atoms with E-state index in [1.807, 2.05) is 11.3 Å². The van der Waals surface area contributed by atoms with E-state index in [0.717, 1.165) is 23.3 Å². The van der Waals surface area contributed by atoms with Gasteiger partial charge >= 0.3 is 0 Å². The Balaban J connectivity index is 1.80. The van der Waals surface area contributed by atoms with Crippen molar-refractivity contribution < 1.29 is 0 Å². The van der Waals surface area contributed by atoms with Crippen LogP contribution in [0.1, 0.15) is 12.8 Å². The molecular formula is C13H15BrN2S. The minimum Gasteiger partial charge on any atom is -0.348 e. The van der Waals surface area contributed by atoms with Crippen LogP contribution in [0.4, 0.5) is 5.13 Å². The summed E-state index contributed by atoms with van der Waals surface area (Å²) in [5.41, 5.74) is 1.14. The normalized spacial score (nSPS) is 20.3. The lowest BCUT2D eigenvalue weighted by atomic mass is 10.1. The Labute approximate surface area is 114 Å². The van der Waals surface area contributed by atoms with Crippen molar-refractivity contribution in [2.75, 3.05) is 23.3 Å². The van der Waals surface area contributed by atoms with E-state index in [0.29, 0.717) is 0 Å². The standard InChI is InChI=1S/C13H15BrN2S/c14-7-5-10-6-8-16(9-10)13-15-11-3-1-2-4-12(11)17-13/h1-4,10H,5-9H2. The van der Waals surface area contributed by atoms with Gasteiger partial charge in [0.1, 0.15) is 0 Å². The quantitative estimate of drug-likeness (QED) is 0.799. The summed E-state index contributed by atoms with van der Waals surface area (Å²) in [5.74, 6) is 0.835. The molecule has 1 aromatic heterocycles. The second-order valence-electron chi connectivity index (χ2n) is 4.54. The molecule has 0 bridgehead atoms. The van der Waals surface area contributed by atoms with Gasteiger partial charge in [-0.1, -0.05) is 39.4 Å². The topological polar surface area (TPSA) is 16.1 Å². The minimum atomic E-state index is 0.835. The van der Waals surface area contributed by atoms with Crippen molar-refractivity contribution >= 4 is 42.6 Å². The SMILES string of the molecule is BrCCC1CCN(c2nc3ccccc3s2)C1. The van der Waals surface area contributed by atoms with Crippen molar-refractivity contribution in [3.05, 3.63) is 24.3 Å². The number of hydrogen-bond donors (Lipinski definition) is 0. The molecule has 17 heavy (non-hydrogen) atoms. The minimum absolute atomic E-state index is 0.835. The van der Waals surface area contributed by atoms with Crippen molar-refractivity contribution in [3.63, 3.8) is 0 Å². The van der Waals surface area contributed by atoms with Gasteiger partial charge in [-0.15, -0.1) is 0 Å². The third kappa shape index (κ3) is 2.33. The molecule has 2 heterocycles. The summed E-state index contributed by atoms with van der Waals surface area (Å²) in [7, 11) is 0. The number of thiazole rings is 1. The number of rotatable bonds is 3. The van der Waals surface area contributed by atoms with E-state index in [2.05, 4.69) is 45.1 Å². The number of aromatic nitrogens is 1. The Morgan fingerprint density at radius 3 is 3.12 bits per heavy atom. The fraction of sp³-hybridized carbons (Fsp3) is 0.462. The van der Waals surface area contributed by atoms with Gasteiger partial charge in [0.2, 0.25) is 0 Å². The van der Waals surface area contributed by atoms with Gasteiger partial charge in [0.25, 0.3) is 0 Å². The molecule has 1 saturated heterocycles. The number of fused-ring (bicyclic) bond motifs is 1. The van der Waals surface area contributed by atoms with E-state index >= 15 is 0 Å². The molecule has 0 N–H and O–H groups in total. The maximum atomic E-state index is 4.72. The smallest absolute Gasteiger partial charge is 0.186 e. The first-order chi connectivity index (χ1) is 8.36. The number of hydrogen-bond acceptors (Lipinski definition) is 3. The predicted octanol–water partition coefficient (Wildman–Crippen LogP) is 3.91. The van der Waals surface area contributed by atoms with Crippen molar-refractivity contribution in [1.29, 1.82) is 0 Å². The maximum Gasteiger partial charge on any atom is 0.186 e. The first-order valence-electron chi connectivity index (χ1n) is 6.03. The molecule has 1 aliphatic heterocycles. The number of alkyl halides is 1. The highest BCUT2D eigenvalue weighted by atomic mass is 79.9. The third-order valence-electron chi connectivity index (χ3n) is 3.36. The lowest BCUT2D eigenvalue weighted by Crippen LogP contribution is -2.19. The van der Waals surface area contributed by atoms with Gasteiger partial charge in [0, 0.05) is 18.4 Å². The van der Waals surface area contributed by atoms with Crippen LogP contribution in [0, 0.1) is 5.92 Å². The molecule has 0 aliphatic carbocycles. The summed E-state index contributed by atoms with van der Waals surface area (Å²) in [4.78, 5) is 7.16. The Kier molecular flexibility index (Phi) is 3.34. The predicted molar refractivity (Wildman–Crippen MR) is 78.4 cm³/mol. The van der Waals surface area contributed by atoms with Gasteiger partial charge in [-0.25, -0.2) is 4.98 Å². The van der Waals surface area contributed by atoms with Crippen molar-refractivity contribution in [2.45, 2.75) is 12.8 Å². The highest BCUT2D eigenvalue weighted by Gasteiger charge is 2.24. The van der Waals surface area contributed by atoms with E-state index in [9.17, 15) is 0 Å². The van der Waals surface area contributed by atoms with Crippen LogP contribution in [-0.4, -0.2) is 23.4 Å². The molecule has 0 radical (unpaired) electrons. The summed E-state index contributed by atoms with van der Waals surface area (Å²) < 4.78 is 1.30. The van der Waals surface area contributed by atoms with E-state index < -0.39 is 0 Å². The van der Waals surface area contributed by atoms with Crippen LogP contribution in [-0.2, 0) is 0 Å². The van der Waals surface area contributed by atoms with Crippen LogP contribution >= 0.6 is 27.3 Å². The summed E-state index contributed by atoms with van der Waals surface area (Å²) in [6.07, 6.45) is 2.59. The van der Waals surface area contributed by atoms with Gasteiger partial charge < -0.3 is 4.90 Å². The number of para-hydroxylation sites is 1. The van der Waals surface area contributed by atoms with Crippen LogP contribution in [0.15, 0.2) is 24.3 Å². The largest absolute Gasteiger partial charge is 0.348 e. The number of anilines is 1. The first kappa shape index (κ1) is 11.5. The Morgan fingerprint density at radius 1 is 1.41 bits per heavy atom. The average molecular weight is 311 g/mol. The lowest BCUT2D eigenvalue weighted by molar-refractivity contribution is 0.576. The van der Waals surface area contributed by atoms with Gasteiger partial charge in [-0.2, -0.15) is 0 Å². The van der Waals surface area contributed by atoms with Crippen LogP contribution in [0.3, 0.4) is 0 Å². The van der Waals surface area contributed by atoms with Gasteiger partial charge in [-0.3, -0.25) is 0 Å². The zero-order valence-electron chi connectivity index (χ0n) is 9.60. The Morgan fingerprint density at radius 2 is 2.29 bits per heavy atom. The second-order valence-corrected chi connectivity index (χ2v) is 6.34. The maximum absolute atomic E-state index is 4.72. The number of nitrogens with zero attached hydrogens (tertiary/aromatic N) is 2. The molecule has 4 heteroatoms. The molecule has 0 amide bonds. The van der Waals surface area contributed by atoms with Crippen molar-refractivity contribution in [1.82, 2.24) is 4.98 Å². The molecule has 2 nitrogen and oxygen atoms in total. The highest BCUT2D eigenvalue weighted by molar-refractivity contribution is 9.09. The summed E-state index contributed by atoms with van der Waals surface area (Å²) >= 11 is 5.35. The Bertz CT molecular complexity index is 478. The van der Waals surface area contributed by atoms with Crippen LogP contribution < -0.4 is 4.90 Å². The molecular weight excluding hydrogens is 296 g/mol. The van der Waals surface area contributed by atoms with E-state index in [4.69, 9.17) is 4.98 Å². The molecule has 3 rings (SSSR count). The first-order valence-corrected chi connectivity index (χ1v) is 7.97. The van der Waals surface area contributed by atoms with Crippen LogP contribution in [0.25, 0.3) is 10.2 Å². The van der Waals surface area contributed by atoms with Crippen molar-refractivity contribution in [3.8, 4) is 0 Å². The fourth-order valence-electron chi connectivity index (χ4n) is 2.39. The van der Waals surface area contributed by atoms with E-state index in [-0.39, 0.29) is 0 Å². The third-order valence-corrected chi connectivity index (χ3v) is 4.91. The van der Waals surface area contributed by atoms with E-state index in [1.54, 1.807) is 0 Å². The van der Waals surface area contributed by atoms with E-state index in [1.165, 1.54) is 29.2 Å².